The summed E-state index contributed by atoms with van der Waals surface area (Å²) in [4.78, 5) is 62.7. The molecular weight excluding hydrogens is 530 g/mol. The van der Waals surface area contributed by atoms with Crippen LogP contribution in [0.5, 0.6) is 0 Å². The van der Waals surface area contributed by atoms with Crippen molar-refractivity contribution in [2.24, 2.45) is 5.92 Å². The van der Waals surface area contributed by atoms with Crippen LogP contribution in [-0.2, 0) is 14.3 Å². The monoisotopic (exact) mass is 567 g/mol. The molecule has 1 aromatic carbocycles. The molecule has 0 unspecified atom stereocenters. The molecule has 3 N–H and O–H groups in total. The van der Waals surface area contributed by atoms with Gasteiger partial charge in [-0.25, -0.2) is 14.8 Å². The van der Waals surface area contributed by atoms with Gasteiger partial charge in [0.2, 0.25) is 5.91 Å². The number of esters is 1. The number of hydrogen-bond acceptors (Lipinski definition) is 8. The van der Waals surface area contributed by atoms with Gasteiger partial charge in [0, 0.05) is 56.4 Å². The number of nitrogens with one attached hydrogen (secondary N) is 1. The van der Waals surface area contributed by atoms with E-state index in [0.717, 1.165) is 12.0 Å². The maximum atomic E-state index is 13.6. The summed E-state index contributed by atoms with van der Waals surface area (Å²) in [6.45, 7) is 5.90. The highest BCUT2D eigenvalue weighted by Crippen LogP contribution is 2.46. The standard InChI is InChI=1S/C29H37N5O7/c1-29(2,3)41-24(36)10-9-21(27(38)33-11-13-34(14-12-33)28(39)40)32-26(37)23-16-22(20-15-19(20)17-35)30-25(31-23)18-7-5-4-6-8-18/h4-8,16,19-21,35H,9-15,17H2,1-3H3,(H,32,37)(H,39,40)/t19-,20+,21+/m1/s1. The Kier molecular flexibility index (Phi) is 9.21. The molecule has 12 nitrogen and oxygen atoms in total. The first kappa shape index (κ1) is 29.9. The number of rotatable bonds is 9. The summed E-state index contributed by atoms with van der Waals surface area (Å²) in [5.74, 6) is -1.08. The van der Waals surface area contributed by atoms with E-state index in [4.69, 9.17) is 4.74 Å². The van der Waals surface area contributed by atoms with Crippen molar-refractivity contribution in [3.8, 4) is 11.4 Å². The minimum absolute atomic E-state index is 0.00265. The number of carboxylic acid groups (broad SMARTS) is 1. The summed E-state index contributed by atoms with van der Waals surface area (Å²) < 4.78 is 5.39. The van der Waals surface area contributed by atoms with Gasteiger partial charge < -0.3 is 30.1 Å². The highest BCUT2D eigenvalue weighted by atomic mass is 16.6. The fourth-order valence-electron chi connectivity index (χ4n) is 4.78. The van der Waals surface area contributed by atoms with E-state index in [1.54, 1.807) is 26.8 Å². The molecule has 0 radical (unpaired) electrons. The lowest BCUT2D eigenvalue weighted by molar-refractivity contribution is -0.155. The topological polar surface area (TPSA) is 162 Å². The van der Waals surface area contributed by atoms with E-state index in [-0.39, 0.29) is 63.2 Å². The Balaban J connectivity index is 1.56. The van der Waals surface area contributed by atoms with Gasteiger partial charge in [-0.05, 0) is 45.6 Å². The zero-order valence-corrected chi connectivity index (χ0v) is 23.6. The van der Waals surface area contributed by atoms with Crippen LogP contribution in [0.4, 0.5) is 4.79 Å². The number of aromatic nitrogens is 2. The van der Waals surface area contributed by atoms with Crippen molar-refractivity contribution >= 4 is 23.9 Å². The highest BCUT2D eigenvalue weighted by Gasteiger charge is 2.40. The Morgan fingerprint density at radius 2 is 1.71 bits per heavy atom. The van der Waals surface area contributed by atoms with Gasteiger partial charge in [-0.3, -0.25) is 14.4 Å². The van der Waals surface area contributed by atoms with Gasteiger partial charge in [0.1, 0.15) is 17.3 Å². The number of carbonyl (C=O) groups is 4. The molecule has 1 aliphatic carbocycles. The summed E-state index contributed by atoms with van der Waals surface area (Å²) in [6.07, 6.45) is -0.410. The quantitative estimate of drug-likeness (QED) is 0.386. The molecule has 3 atom stereocenters. The third-order valence-corrected chi connectivity index (χ3v) is 7.07. The molecule has 2 aliphatic rings. The van der Waals surface area contributed by atoms with Crippen LogP contribution >= 0.6 is 0 Å². The normalized spacial score (nSPS) is 19.3. The van der Waals surface area contributed by atoms with Gasteiger partial charge in [-0.1, -0.05) is 30.3 Å². The summed E-state index contributed by atoms with van der Waals surface area (Å²) in [5, 5.41) is 21.6. The molecule has 1 aromatic heterocycles. The molecule has 41 heavy (non-hydrogen) atoms. The minimum atomic E-state index is -1.06. The molecule has 0 bridgehead atoms. The third kappa shape index (κ3) is 8.00. The Morgan fingerprint density at radius 1 is 1.05 bits per heavy atom. The maximum Gasteiger partial charge on any atom is 0.407 e. The third-order valence-electron chi connectivity index (χ3n) is 7.07. The van der Waals surface area contributed by atoms with Gasteiger partial charge in [0.25, 0.3) is 5.91 Å². The summed E-state index contributed by atoms with van der Waals surface area (Å²) in [7, 11) is 0. The molecule has 220 valence electrons. The number of aliphatic hydroxyl groups is 1. The van der Waals surface area contributed by atoms with Crippen molar-refractivity contribution < 1.29 is 34.1 Å². The molecule has 1 aliphatic heterocycles. The second-order valence-corrected chi connectivity index (χ2v) is 11.4. The lowest BCUT2D eigenvalue weighted by Gasteiger charge is -2.35. The van der Waals surface area contributed by atoms with E-state index in [2.05, 4.69) is 15.3 Å². The molecule has 1 saturated carbocycles. The Morgan fingerprint density at radius 3 is 2.29 bits per heavy atom. The van der Waals surface area contributed by atoms with Crippen LogP contribution in [0.3, 0.4) is 0 Å². The fourth-order valence-corrected chi connectivity index (χ4v) is 4.78. The molecule has 0 spiro atoms. The van der Waals surface area contributed by atoms with Crippen molar-refractivity contribution in [1.82, 2.24) is 25.1 Å². The lowest BCUT2D eigenvalue weighted by Crippen LogP contribution is -2.55. The molecule has 3 amide bonds. The smallest absolute Gasteiger partial charge is 0.407 e. The largest absolute Gasteiger partial charge is 0.465 e. The van der Waals surface area contributed by atoms with Crippen molar-refractivity contribution in [1.29, 1.82) is 0 Å². The molecule has 12 heteroatoms. The van der Waals surface area contributed by atoms with Crippen molar-refractivity contribution in [2.75, 3.05) is 32.8 Å². The second-order valence-electron chi connectivity index (χ2n) is 11.4. The van der Waals surface area contributed by atoms with E-state index in [0.29, 0.717) is 11.5 Å². The van der Waals surface area contributed by atoms with E-state index >= 15 is 0 Å². The maximum absolute atomic E-state index is 13.6. The molecule has 2 fully saturated rings. The number of carbonyl (C=O) groups excluding carboxylic acids is 3. The fraction of sp³-hybridized carbons (Fsp3) is 0.517. The van der Waals surface area contributed by atoms with E-state index in [1.165, 1.54) is 9.80 Å². The van der Waals surface area contributed by atoms with Crippen LogP contribution in [0.15, 0.2) is 36.4 Å². The zero-order chi connectivity index (χ0) is 29.7. The predicted octanol–water partition coefficient (Wildman–Crippen LogP) is 2.28. The van der Waals surface area contributed by atoms with Gasteiger partial charge in [0.05, 0.1) is 0 Å². The minimum Gasteiger partial charge on any atom is -0.465 e. The van der Waals surface area contributed by atoms with E-state index in [9.17, 15) is 29.4 Å². The first-order valence-corrected chi connectivity index (χ1v) is 13.8. The Labute approximate surface area is 238 Å². The van der Waals surface area contributed by atoms with Crippen LogP contribution in [-0.4, -0.2) is 98.3 Å². The molecule has 2 aromatic rings. The van der Waals surface area contributed by atoms with Gasteiger partial charge in [0.15, 0.2) is 5.82 Å². The van der Waals surface area contributed by atoms with Gasteiger partial charge in [-0.2, -0.15) is 0 Å². The zero-order valence-electron chi connectivity index (χ0n) is 23.6. The second kappa shape index (κ2) is 12.6. The van der Waals surface area contributed by atoms with Crippen LogP contribution < -0.4 is 5.32 Å². The highest BCUT2D eigenvalue weighted by molar-refractivity contribution is 5.96. The van der Waals surface area contributed by atoms with Crippen LogP contribution in [0.1, 0.15) is 62.1 Å². The molecule has 1 saturated heterocycles. The average molecular weight is 568 g/mol. The number of ether oxygens (including phenoxy) is 1. The number of aliphatic hydroxyl groups excluding tert-OH is 1. The Hall–Kier alpha value is -4.06. The van der Waals surface area contributed by atoms with Crippen molar-refractivity contribution in [3.63, 3.8) is 0 Å². The Bertz CT molecular complexity index is 1270. The number of nitrogens with zero attached hydrogens (tertiary/aromatic N) is 4. The summed E-state index contributed by atoms with van der Waals surface area (Å²) >= 11 is 0. The number of hydrogen-bond donors (Lipinski definition) is 3. The molecule has 4 rings (SSSR count). The SMILES string of the molecule is CC(C)(C)OC(=O)CC[C@H](NC(=O)c1cc([C@H]2C[C@@H]2CO)nc(-c2ccccc2)n1)C(=O)N1CCN(C(=O)O)CC1. The summed E-state index contributed by atoms with van der Waals surface area (Å²) in [6, 6.07) is 9.74. The first-order valence-electron chi connectivity index (χ1n) is 13.8. The molecular formula is C29H37N5O7. The van der Waals surface area contributed by atoms with Crippen LogP contribution in [0, 0.1) is 5.92 Å². The lowest BCUT2D eigenvalue weighted by atomic mass is 10.1. The average Bonchev–Trinajstić information content (AvgIpc) is 3.74. The van der Waals surface area contributed by atoms with Crippen LogP contribution in [0.2, 0.25) is 0 Å². The number of benzene rings is 1. The van der Waals surface area contributed by atoms with E-state index in [1.807, 2.05) is 30.3 Å². The van der Waals surface area contributed by atoms with Gasteiger partial charge >= 0.3 is 12.1 Å². The summed E-state index contributed by atoms with van der Waals surface area (Å²) in [5.41, 5.74) is 0.735. The predicted molar refractivity (Wildman–Crippen MR) is 148 cm³/mol. The number of amides is 3. The van der Waals surface area contributed by atoms with Crippen LogP contribution in [0.25, 0.3) is 11.4 Å². The van der Waals surface area contributed by atoms with Crippen molar-refractivity contribution in [3.05, 3.63) is 47.8 Å². The van der Waals surface area contributed by atoms with Crippen molar-refractivity contribution in [2.45, 2.75) is 57.6 Å². The first-order chi connectivity index (χ1) is 19.4. The molecule has 2 heterocycles. The van der Waals surface area contributed by atoms with E-state index < -0.39 is 35.5 Å². The number of piperazine rings is 1. The van der Waals surface area contributed by atoms with Gasteiger partial charge in [-0.15, -0.1) is 0 Å².